The molecule has 3 nitrogen and oxygen atoms in total. The van der Waals surface area contributed by atoms with Crippen LogP contribution in [0, 0.1) is 0 Å². The van der Waals surface area contributed by atoms with Crippen molar-refractivity contribution < 1.29 is 4.74 Å². The van der Waals surface area contributed by atoms with Gasteiger partial charge in [-0.15, -0.1) is 0 Å². The molecule has 0 heterocycles. The van der Waals surface area contributed by atoms with Gasteiger partial charge in [0.25, 0.3) is 0 Å². The summed E-state index contributed by atoms with van der Waals surface area (Å²) in [5.74, 6) is 1.05. The topological polar surface area (TPSA) is 38.5 Å². The molecule has 2 N–H and O–H groups in total. The lowest BCUT2D eigenvalue weighted by atomic mass is 9.86. The van der Waals surface area contributed by atoms with Crippen molar-refractivity contribution >= 4 is 0 Å². The summed E-state index contributed by atoms with van der Waals surface area (Å²) >= 11 is 0. The van der Waals surface area contributed by atoms with Crippen LogP contribution in [0.2, 0.25) is 0 Å². The van der Waals surface area contributed by atoms with E-state index in [0.717, 1.165) is 38.2 Å². The van der Waals surface area contributed by atoms with E-state index in [-0.39, 0.29) is 0 Å². The van der Waals surface area contributed by atoms with Gasteiger partial charge < -0.3 is 10.5 Å². The summed E-state index contributed by atoms with van der Waals surface area (Å²) in [7, 11) is 1.76. The van der Waals surface area contributed by atoms with Crippen molar-refractivity contribution in [2.45, 2.75) is 38.6 Å². The number of ether oxygens (including phenoxy) is 1. The number of nitrogens with zero attached hydrogens (tertiary/aromatic N) is 1. The fourth-order valence-corrected chi connectivity index (χ4v) is 3.19. The maximum absolute atomic E-state index is 5.74. The minimum atomic E-state index is 0.642. The second-order valence-electron chi connectivity index (χ2n) is 5.32. The van der Waals surface area contributed by atoms with E-state index in [1.165, 1.54) is 24.0 Å². The molecule has 0 amide bonds. The molecule has 0 saturated carbocycles. The van der Waals surface area contributed by atoms with E-state index >= 15 is 0 Å². The zero-order valence-electron chi connectivity index (χ0n) is 12.2. The molecule has 0 fully saturated rings. The Morgan fingerprint density at radius 1 is 1.37 bits per heavy atom. The maximum atomic E-state index is 5.74. The van der Waals surface area contributed by atoms with Crippen molar-refractivity contribution in [3.8, 4) is 5.75 Å². The lowest BCUT2D eigenvalue weighted by Crippen LogP contribution is -2.42. The largest absolute Gasteiger partial charge is 0.496 e. The zero-order valence-corrected chi connectivity index (χ0v) is 12.2. The molecule has 0 unspecified atom stereocenters. The van der Waals surface area contributed by atoms with Crippen LogP contribution in [0.5, 0.6) is 5.75 Å². The Balaban J connectivity index is 2.12. The third-order valence-electron chi connectivity index (χ3n) is 4.08. The van der Waals surface area contributed by atoms with Crippen molar-refractivity contribution in [3.05, 3.63) is 29.3 Å². The smallest absolute Gasteiger partial charge is 0.122 e. The molecule has 0 aromatic heterocycles. The third-order valence-corrected chi connectivity index (χ3v) is 4.08. The summed E-state index contributed by atoms with van der Waals surface area (Å²) in [5.41, 5.74) is 8.61. The van der Waals surface area contributed by atoms with E-state index in [0.29, 0.717) is 6.04 Å². The van der Waals surface area contributed by atoms with Gasteiger partial charge in [0.15, 0.2) is 0 Å². The fraction of sp³-hybridized carbons (Fsp3) is 0.625. The van der Waals surface area contributed by atoms with Gasteiger partial charge in [0.05, 0.1) is 7.11 Å². The standard InChI is InChI=1S/C16H26N2O/c1-3-10-18(11-9-17)14-7-8-15-13(12-14)5-4-6-16(15)19-2/h4-6,14H,3,7-12,17H2,1-2H3/t14-/m0/s1. The highest BCUT2D eigenvalue weighted by Gasteiger charge is 2.25. The summed E-state index contributed by atoms with van der Waals surface area (Å²) in [4.78, 5) is 2.56. The second kappa shape index (κ2) is 6.92. The van der Waals surface area contributed by atoms with Gasteiger partial charge in [-0.2, -0.15) is 0 Å². The van der Waals surface area contributed by atoms with Gasteiger partial charge in [0, 0.05) is 19.1 Å². The van der Waals surface area contributed by atoms with E-state index in [2.05, 4.69) is 30.0 Å². The van der Waals surface area contributed by atoms with Crippen LogP contribution in [-0.4, -0.2) is 37.7 Å². The summed E-state index contributed by atoms with van der Waals surface area (Å²) in [6.07, 6.45) is 4.66. The van der Waals surface area contributed by atoms with Crippen molar-refractivity contribution in [2.75, 3.05) is 26.7 Å². The number of fused-ring (bicyclic) bond motifs is 1. The van der Waals surface area contributed by atoms with E-state index in [9.17, 15) is 0 Å². The van der Waals surface area contributed by atoms with Gasteiger partial charge in [0.1, 0.15) is 5.75 Å². The van der Waals surface area contributed by atoms with Crippen molar-refractivity contribution in [3.63, 3.8) is 0 Å². The molecule has 1 atom stereocenters. The normalized spacial score (nSPS) is 18.4. The molecule has 2 rings (SSSR count). The summed E-state index contributed by atoms with van der Waals surface area (Å²) in [6.45, 7) is 5.16. The molecule has 0 aliphatic heterocycles. The van der Waals surface area contributed by atoms with Gasteiger partial charge >= 0.3 is 0 Å². The number of rotatable bonds is 6. The summed E-state index contributed by atoms with van der Waals surface area (Å²) in [5, 5.41) is 0. The van der Waals surface area contributed by atoms with Crippen LogP contribution in [-0.2, 0) is 12.8 Å². The van der Waals surface area contributed by atoms with Gasteiger partial charge in [-0.05, 0) is 49.4 Å². The van der Waals surface area contributed by atoms with Crippen LogP contribution in [0.15, 0.2) is 18.2 Å². The maximum Gasteiger partial charge on any atom is 0.122 e. The summed E-state index contributed by atoms with van der Waals surface area (Å²) in [6, 6.07) is 7.06. The van der Waals surface area contributed by atoms with Crippen LogP contribution in [0.25, 0.3) is 0 Å². The Morgan fingerprint density at radius 2 is 2.21 bits per heavy atom. The Hall–Kier alpha value is -1.06. The Bertz CT molecular complexity index is 400. The molecule has 19 heavy (non-hydrogen) atoms. The van der Waals surface area contributed by atoms with Crippen LogP contribution < -0.4 is 10.5 Å². The molecule has 1 aliphatic rings. The van der Waals surface area contributed by atoms with Gasteiger partial charge in [-0.25, -0.2) is 0 Å². The Kier molecular flexibility index (Phi) is 5.23. The minimum Gasteiger partial charge on any atom is -0.496 e. The Labute approximate surface area is 116 Å². The van der Waals surface area contributed by atoms with Crippen LogP contribution in [0.4, 0.5) is 0 Å². The molecule has 3 heteroatoms. The first-order chi connectivity index (χ1) is 9.30. The first kappa shape index (κ1) is 14.4. The first-order valence-electron chi connectivity index (χ1n) is 7.39. The number of hydrogen-bond acceptors (Lipinski definition) is 3. The van der Waals surface area contributed by atoms with Crippen molar-refractivity contribution in [2.24, 2.45) is 5.73 Å². The van der Waals surface area contributed by atoms with Gasteiger partial charge in [-0.1, -0.05) is 19.1 Å². The minimum absolute atomic E-state index is 0.642. The fourth-order valence-electron chi connectivity index (χ4n) is 3.19. The highest BCUT2D eigenvalue weighted by Crippen LogP contribution is 2.31. The SMILES string of the molecule is CCCN(CCN)[C@H]1CCc2c(cccc2OC)C1. The molecule has 0 bridgehead atoms. The van der Waals surface area contributed by atoms with E-state index < -0.39 is 0 Å². The molecule has 0 spiro atoms. The number of methoxy groups -OCH3 is 1. The number of hydrogen-bond donors (Lipinski definition) is 1. The molecular formula is C16H26N2O. The summed E-state index contributed by atoms with van der Waals surface area (Å²) < 4.78 is 5.47. The molecular weight excluding hydrogens is 236 g/mol. The zero-order chi connectivity index (χ0) is 13.7. The molecule has 1 aromatic rings. The quantitative estimate of drug-likeness (QED) is 0.854. The van der Waals surface area contributed by atoms with E-state index in [1.807, 2.05) is 0 Å². The Morgan fingerprint density at radius 3 is 2.89 bits per heavy atom. The van der Waals surface area contributed by atoms with Crippen LogP contribution in [0.1, 0.15) is 30.9 Å². The first-order valence-corrected chi connectivity index (χ1v) is 7.39. The van der Waals surface area contributed by atoms with Crippen LogP contribution in [0.3, 0.4) is 0 Å². The van der Waals surface area contributed by atoms with Gasteiger partial charge in [-0.3, -0.25) is 4.90 Å². The van der Waals surface area contributed by atoms with Gasteiger partial charge in [0.2, 0.25) is 0 Å². The number of benzene rings is 1. The lowest BCUT2D eigenvalue weighted by Gasteiger charge is -2.35. The van der Waals surface area contributed by atoms with Crippen molar-refractivity contribution in [1.82, 2.24) is 4.90 Å². The number of nitrogens with two attached hydrogens (primary N) is 1. The van der Waals surface area contributed by atoms with E-state index in [1.54, 1.807) is 7.11 Å². The molecule has 0 radical (unpaired) electrons. The van der Waals surface area contributed by atoms with Crippen LogP contribution >= 0.6 is 0 Å². The third kappa shape index (κ3) is 3.28. The lowest BCUT2D eigenvalue weighted by molar-refractivity contribution is 0.184. The predicted molar refractivity (Wildman–Crippen MR) is 79.7 cm³/mol. The molecule has 1 aliphatic carbocycles. The average molecular weight is 262 g/mol. The molecule has 0 saturated heterocycles. The van der Waals surface area contributed by atoms with E-state index in [4.69, 9.17) is 10.5 Å². The highest BCUT2D eigenvalue weighted by molar-refractivity contribution is 5.42. The molecule has 1 aromatic carbocycles. The monoisotopic (exact) mass is 262 g/mol. The van der Waals surface area contributed by atoms with Crippen molar-refractivity contribution in [1.29, 1.82) is 0 Å². The predicted octanol–water partition coefficient (Wildman–Crippen LogP) is 2.22. The average Bonchev–Trinajstić information content (AvgIpc) is 2.45. The highest BCUT2D eigenvalue weighted by atomic mass is 16.5. The molecule has 106 valence electrons. The second-order valence-corrected chi connectivity index (χ2v) is 5.32.